The van der Waals surface area contributed by atoms with Crippen LogP contribution in [0.25, 0.3) is 0 Å². The van der Waals surface area contributed by atoms with Crippen molar-refractivity contribution in [3.63, 3.8) is 0 Å². The van der Waals surface area contributed by atoms with Crippen molar-refractivity contribution in [2.45, 2.75) is 32.7 Å². The van der Waals surface area contributed by atoms with Crippen LogP contribution in [0.1, 0.15) is 38.3 Å². The third-order valence-corrected chi connectivity index (χ3v) is 3.75. The molecule has 0 N–H and O–H groups in total. The Balaban J connectivity index is 2.86. The zero-order chi connectivity index (χ0) is 15.1. The van der Waals surface area contributed by atoms with E-state index in [1.807, 2.05) is 36.2 Å². The van der Waals surface area contributed by atoms with Crippen molar-refractivity contribution in [2.75, 3.05) is 20.8 Å². The molecule has 4 heteroatoms. The van der Waals surface area contributed by atoms with Crippen LogP contribution in [0.15, 0.2) is 24.3 Å². The van der Waals surface area contributed by atoms with Crippen molar-refractivity contribution >= 4 is 17.5 Å². The van der Waals surface area contributed by atoms with Crippen LogP contribution < -0.4 is 0 Å². The highest BCUT2D eigenvalue weighted by atomic mass is 35.5. The Morgan fingerprint density at radius 3 is 2.55 bits per heavy atom. The van der Waals surface area contributed by atoms with Gasteiger partial charge < -0.3 is 9.64 Å². The molecule has 0 aliphatic heterocycles. The lowest BCUT2D eigenvalue weighted by Crippen LogP contribution is -2.34. The van der Waals surface area contributed by atoms with Crippen LogP contribution in [0.2, 0.25) is 5.02 Å². The van der Waals surface area contributed by atoms with E-state index in [1.54, 1.807) is 7.11 Å². The number of hydrogen-bond acceptors (Lipinski definition) is 2. The van der Waals surface area contributed by atoms with E-state index in [4.69, 9.17) is 16.3 Å². The van der Waals surface area contributed by atoms with Gasteiger partial charge in [0.25, 0.3) is 0 Å². The Bertz CT molecular complexity index is 434. The summed E-state index contributed by atoms with van der Waals surface area (Å²) in [7, 11) is 3.50. The third-order valence-electron chi connectivity index (χ3n) is 3.41. The van der Waals surface area contributed by atoms with Gasteiger partial charge in [-0.1, -0.05) is 43.6 Å². The van der Waals surface area contributed by atoms with Gasteiger partial charge in [-0.15, -0.1) is 0 Å². The molecule has 0 saturated carbocycles. The lowest BCUT2D eigenvalue weighted by Gasteiger charge is -2.32. The molecule has 20 heavy (non-hydrogen) atoms. The van der Waals surface area contributed by atoms with Crippen molar-refractivity contribution in [1.29, 1.82) is 0 Å². The number of methoxy groups -OCH3 is 1. The van der Waals surface area contributed by atoms with Crippen molar-refractivity contribution in [1.82, 2.24) is 4.90 Å². The quantitative estimate of drug-likeness (QED) is 0.714. The van der Waals surface area contributed by atoms with Crippen molar-refractivity contribution < 1.29 is 9.53 Å². The van der Waals surface area contributed by atoms with E-state index in [-0.39, 0.29) is 11.9 Å². The summed E-state index contributed by atoms with van der Waals surface area (Å²) in [4.78, 5) is 14.1. The molecular weight excluding hydrogens is 274 g/mol. The van der Waals surface area contributed by atoms with Gasteiger partial charge in [0, 0.05) is 32.2 Å². The van der Waals surface area contributed by atoms with E-state index < -0.39 is 0 Å². The Kier molecular flexibility index (Phi) is 7.03. The highest BCUT2D eigenvalue weighted by molar-refractivity contribution is 6.31. The second-order valence-electron chi connectivity index (χ2n) is 5.31. The number of carbonyl (C=O) groups excluding carboxylic acids is 1. The minimum absolute atomic E-state index is 0.00116. The molecule has 1 aromatic rings. The molecule has 3 nitrogen and oxygen atoms in total. The first-order chi connectivity index (χ1) is 9.49. The molecule has 1 rings (SSSR count). The first-order valence-corrected chi connectivity index (χ1v) is 7.35. The van der Waals surface area contributed by atoms with Crippen LogP contribution in [-0.4, -0.2) is 31.6 Å². The first-order valence-electron chi connectivity index (χ1n) is 6.98. The summed E-state index contributed by atoms with van der Waals surface area (Å²) >= 11 is 6.28. The number of ether oxygens (including phenoxy) is 1. The van der Waals surface area contributed by atoms with Crippen LogP contribution in [0, 0.1) is 5.92 Å². The van der Waals surface area contributed by atoms with E-state index in [2.05, 4.69) is 13.8 Å². The van der Waals surface area contributed by atoms with Crippen LogP contribution in [0.5, 0.6) is 0 Å². The van der Waals surface area contributed by atoms with E-state index >= 15 is 0 Å². The second kappa shape index (κ2) is 8.28. The molecule has 0 heterocycles. The van der Waals surface area contributed by atoms with Gasteiger partial charge in [0.1, 0.15) is 0 Å². The van der Waals surface area contributed by atoms with Crippen molar-refractivity contribution in [3.05, 3.63) is 34.9 Å². The Morgan fingerprint density at radius 1 is 1.35 bits per heavy atom. The topological polar surface area (TPSA) is 29.5 Å². The first kappa shape index (κ1) is 17.0. The zero-order valence-corrected chi connectivity index (χ0v) is 13.5. The SMILES string of the molecule is COCCCC(=O)N(C)C(c1ccccc1Cl)C(C)C. The molecule has 0 saturated heterocycles. The second-order valence-corrected chi connectivity index (χ2v) is 5.72. The van der Waals surface area contributed by atoms with Gasteiger partial charge in [0.2, 0.25) is 5.91 Å². The van der Waals surface area contributed by atoms with E-state index in [0.717, 1.165) is 12.0 Å². The summed E-state index contributed by atoms with van der Waals surface area (Å²) in [5, 5.41) is 0.711. The smallest absolute Gasteiger partial charge is 0.222 e. The largest absolute Gasteiger partial charge is 0.385 e. The number of benzene rings is 1. The maximum Gasteiger partial charge on any atom is 0.222 e. The summed E-state index contributed by atoms with van der Waals surface area (Å²) in [5.74, 6) is 0.423. The number of rotatable bonds is 7. The predicted molar refractivity (Wildman–Crippen MR) is 82.9 cm³/mol. The Labute approximate surface area is 126 Å². The summed E-state index contributed by atoms with van der Waals surface area (Å²) in [6.07, 6.45) is 1.24. The maximum absolute atomic E-state index is 12.3. The molecule has 1 amide bonds. The fraction of sp³-hybridized carbons (Fsp3) is 0.562. The van der Waals surface area contributed by atoms with Crippen molar-refractivity contribution in [3.8, 4) is 0 Å². The molecular formula is C16H24ClNO2. The molecule has 1 unspecified atom stereocenters. The minimum Gasteiger partial charge on any atom is -0.385 e. The molecule has 0 spiro atoms. The third kappa shape index (κ3) is 4.50. The lowest BCUT2D eigenvalue weighted by atomic mass is 9.94. The number of carbonyl (C=O) groups is 1. The van der Waals surface area contributed by atoms with E-state index in [9.17, 15) is 4.79 Å². The highest BCUT2D eigenvalue weighted by Gasteiger charge is 2.25. The highest BCUT2D eigenvalue weighted by Crippen LogP contribution is 2.32. The van der Waals surface area contributed by atoms with Crippen LogP contribution in [-0.2, 0) is 9.53 Å². The molecule has 0 bridgehead atoms. The van der Waals surface area contributed by atoms with Crippen LogP contribution in [0.3, 0.4) is 0 Å². The molecule has 112 valence electrons. The summed E-state index contributed by atoms with van der Waals surface area (Å²) in [6.45, 7) is 4.82. The normalized spacial score (nSPS) is 12.5. The van der Waals surface area contributed by atoms with Gasteiger partial charge in [-0.25, -0.2) is 0 Å². The van der Waals surface area contributed by atoms with Gasteiger partial charge in [-0.2, -0.15) is 0 Å². The minimum atomic E-state index is -0.00116. The molecule has 0 fully saturated rings. The summed E-state index contributed by atoms with van der Waals surface area (Å²) < 4.78 is 4.99. The lowest BCUT2D eigenvalue weighted by molar-refractivity contribution is -0.133. The van der Waals surface area contributed by atoms with E-state index in [1.165, 1.54) is 0 Å². The number of nitrogens with zero attached hydrogens (tertiary/aromatic N) is 1. The van der Waals surface area contributed by atoms with Gasteiger partial charge in [0.15, 0.2) is 0 Å². The molecule has 1 atom stereocenters. The summed E-state index contributed by atoms with van der Waals surface area (Å²) in [6, 6.07) is 7.73. The molecule has 0 aliphatic rings. The average Bonchev–Trinajstić information content (AvgIpc) is 2.41. The van der Waals surface area contributed by atoms with Gasteiger partial charge in [0.05, 0.1) is 6.04 Å². The van der Waals surface area contributed by atoms with Gasteiger partial charge in [-0.3, -0.25) is 4.79 Å². The molecule has 0 aromatic heterocycles. The predicted octanol–water partition coefficient (Wildman–Crippen LogP) is 3.92. The molecule has 1 aromatic carbocycles. The molecule has 0 aliphatic carbocycles. The Hall–Kier alpha value is -1.06. The number of amides is 1. The van der Waals surface area contributed by atoms with Gasteiger partial charge >= 0.3 is 0 Å². The van der Waals surface area contributed by atoms with Crippen LogP contribution in [0.4, 0.5) is 0 Å². The number of halogens is 1. The zero-order valence-electron chi connectivity index (χ0n) is 12.7. The molecule has 0 radical (unpaired) electrons. The number of hydrogen-bond donors (Lipinski definition) is 0. The van der Waals surface area contributed by atoms with Crippen molar-refractivity contribution in [2.24, 2.45) is 5.92 Å². The van der Waals surface area contributed by atoms with Gasteiger partial charge in [-0.05, 0) is 24.0 Å². The fourth-order valence-corrected chi connectivity index (χ4v) is 2.68. The maximum atomic E-state index is 12.3. The fourth-order valence-electron chi connectivity index (χ4n) is 2.43. The van der Waals surface area contributed by atoms with Crippen LogP contribution >= 0.6 is 11.6 Å². The average molecular weight is 298 g/mol. The Morgan fingerprint density at radius 2 is 2.00 bits per heavy atom. The standard InChI is InChI=1S/C16H24ClNO2/c1-12(2)16(13-8-5-6-9-14(13)17)18(3)15(19)10-7-11-20-4/h5-6,8-9,12,16H,7,10-11H2,1-4H3. The summed E-state index contributed by atoms with van der Waals surface area (Å²) in [5.41, 5.74) is 1.01. The van der Waals surface area contributed by atoms with E-state index in [0.29, 0.717) is 24.0 Å². The monoisotopic (exact) mass is 297 g/mol.